The van der Waals surface area contributed by atoms with E-state index in [1.807, 2.05) is 0 Å². The van der Waals surface area contributed by atoms with Crippen LogP contribution in [0.4, 0.5) is 5.69 Å². The van der Waals surface area contributed by atoms with Crippen LogP contribution >= 0.6 is 0 Å². The molecule has 3 rings (SSSR count). The second-order valence-electron chi connectivity index (χ2n) is 6.73. The molecule has 0 spiro atoms. The van der Waals surface area contributed by atoms with Gasteiger partial charge in [0.25, 0.3) is 5.91 Å². The maximum Gasteiger partial charge on any atom is 0.255 e. The molecule has 2 aromatic carbocycles. The lowest BCUT2D eigenvalue weighted by molar-refractivity contribution is 0.102. The summed E-state index contributed by atoms with van der Waals surface area (Å²) < 4.78 is 27.8. The third-order valence-corrected chi connectivity index (χ3v) is 6.21. The number of nitriles is 1. The maximum absolute atomic E-state index is 12.6. The molecular formula is C20H21N3O3S. The second kappa shape index (κ2) is 7.91. The van der Waals surface area contributed by atoms with Crippen molar-refractivity contribution in [1.29, 1.82) is 5.26 Å². The van der Waals surface area contributed by atoms with Crippen LogP contribution in [-0.2, 0) is 10.0 Å². The minimum Gasteiger partial charge on any atom is -0.322 e. The largest absolute Gasteiger partial charge is 0.322 e. The number of nitrogens with one attached hydrogen (secondary N) is 2. The fourth-order valence-corrected chi connectivity index (χ4v) is 4.56. The number of hydrogen-bond acceptors (Lipinski definition) is 4. The van der Waals surface area contributed by atoms with Crippen LogP contribution < -0.4 is 10.0 Å². The van der Waals surface area contributed by atoms with Crippen LogP contribution in [0.5, 0.6) is 0 Å². The average molecular weight is 383 g/mol. The van der Waals surface area contributed by atoms with Gasteiger partial charge in [0, 0.05) is 17.3 Å². The Bertz CT molecular complexity index is 1000. The molecule has 0 atom stereocenters. The third-order valence-electron chi connectivity index (χ3n) is 4.69. The number of nitrogens with zero attached hydrogens (tertiary/aromatic N) is 1. The normalized spacial score (nSPS) is 14.7. The van der Waals surface area contributed by atoms with Crippen molar-refractivity contribution in [2.45, 2.75) is 43.5 Å². The lowest BCUT2D eigenvalue weighted by Gasteiger charge is -2.13. The van der Waals surface area contributed by atoms with E-state index >= 15 is 0 Å². The molecule has 7 heteroatoms. The Morgan fingerprint density at radius 2 is 1.89 bits per heavy atom. The van der Waals surface area contributed by atoms with Crippen LogP contribution in [0, 0.1) is 18.3 Å². The summed E-state index contributed by atoms with van der Waals surface area (Å²) in [5.74, 6) is -0.406. The molecule has 2 N–H and O–H groups in total. The highest BCUT2D eigenvalue weighted by atomic mass is 32.2. The number of amides is 1. The molecule has 0 unspecified atom stereocenters. The lowest BCUT2D eigenvalue weighted by Crippen LogP contribution is -2.32. The Kier molecular flexibility index (Phi) is 5.59. The van der Waals surface area contributed by atoms with Crippen molar-refractivity contribution >= 4 is 21.6 Å². The molecule has 1 saturated carbocycles. The van der Waals surface area contributed by atoms with E-state index in [9.17, 15) is 13.2 Å². The standard InChI is InChI=1S/C20H21N3O3S/c1-14-11-18(10-9-16(14)13-21)22-20(24)15-5-4-8-19(12-15)27(25,26)23-17-6-2-3-7-17/h4-5,8-12,17,23H,2-3,6-7H2,1H3,(H,22,24). The molecular weight excluding hydrogens is 362 g/mol. The molecule has 140 valence electrons. The summed E-state index contributed by atoms with van der Waals surface area (Å²) in [6.45, 7) is 1.79. The number of carbonyl (C=O) groups is 1. The molecule has 0 saturated heterocycles. The van der Waals surface area contributed by atoms with Gasteiger partial charge in [0.1, 0.15) is 0 Å². The topological polar surface area (TPSA) is 99.1 Å². The van der Waals surface area contributed by atoms with Crippen LogP contribution in [0.3, 0.4) is 0 Å². The quantitative estimate of drug-likeness (QED) is 0.827. The highest BCUT2D eigenvalue weighted by molar-refractivity contribution is 7.89. The molecule has 0 heterocycles. The van der Waals surface area contributed by atoms with Crippen molar-refractivity contribution in [3.8, 4) is 6.07 Å². The number of anilines is 1. The Morgan fingerprint density at radius 1 is 1.15 bits per heavy atom. The zero-order valence-corrected chi connectivity index (χ0v) is 15.8. The number of hydrogen-bond donors (Lipinski definition) is 2. The molecule has 27 heavy (non-hydrogen) atoms. The van der Waals surface area contributed by atoms with Crippen LogP contribution in [0.25, 0.3) is 0 Å². The van der Waals surface area contributed by atoms with Crippen molar-refractivity contribution in [3.63, 3.8) is 0 Å². The van der Waals surface area contributed by atoms with E-state index in [2.05, 4.69) is 16.1 Å². The first-order chi connectivity index (χ1) is 12.9. The van der Waals surface area contributed by atoms with Gasteiger partial charge in [0.05, 0.1) is 16.5 Å². The summed E-state index contributed by atoms with van der Waals surface area (Å²) in [5, 5.41) is 11.7. The minimum absolute atomic E-state index is 0.0332. The van der Waals surface area contributed by atoms with Gasteiger partial charge in [-0.2, -0.15) is 5.26 Å². The molecule has 1 aliphatic rings. The Labute approximate surface area is 159 Å². The summed E-state index contributed by atoms with van der Waals surface area (Å²) in [7, 11) is -3.65. The smallest absolute Gasteiger partial charge is 0.255 e. The molecule has 0 aliphatic heterocycles. The van der Waals surface area contributed by atoms with Crippen molar-refractivity contribution < 1.29 is 13.2 Å². The zero-order chi connectivity index (χ0) is 19.4. The number of rotatable bonds is 5. The molecule has 1 fully saturated rings. The van der Waals surface area contributed by atoms with E-state index in [0.29, 0.717) is 11.3 Å². The van der Waals surface area contributed by atoms with Crippen LogP contribution in [0.1, 0.15) is 47.2 Å². The first-order valence-electron chi connectivity index (χ1n) is 8.83. The Balaban J connectivity index is 1.77. The van der Waals surface area contributed by atoms with E-state index in [-0.39, 0.29) is 16.5 Å². The number of carbonyl (C=O) groups excluding carboxylic acids is 1. The fraction of sp³-hybridized carbons (Fsp3) is 0.300. The van der Waals surface area contributed by atoms with Gasteiger partial charge in [0.15, 0.2) is 0 Å². The van der Waals surface area contributed by atoms with E-state index in [1.165, 1.54) is 12.1 Å². The predicted octanol–water partition coefficient (Wildman–Crippen LogP) is 3.34. The summed E-state index contributed by atoms with van der Waals surface area (Å²) in [6.07, 6.45) is 3.74. The summed E-state index contributed by atoms with van der Waals surface area (Å²) in [5.41, 5.74) is 2.10. The highest BCUT2D eigenvalue weighted by Gasteiger charge is 2.23. The van der Waals surface area contributed by atoms with E-state index < -0.39 is 15.9 Å². The summed E-state index contributed by atoms with van der Waals surface area (Å²) in [4.78, 5) is 12.6. The Morgan fingerprint density at radius 3 is 2.56 bits per heavy atom. The molecule has 0 aromatic heterocycles. The number of benzene rings is 2. The summed E-state index contributed by atoms with van der Waals surface area (Å²) >= 11 is 0. The van der Waals surface area contributed by atoms with Gasteiger partial charge in [-0.25, -0.2) is 13.1 Å². The average Bonchev–Trinajstić information content (AvgIpc) is 3.14. The van der Waals surface area contributed by atoms with E-state index in [0.717, 1.165) is 31.2 Å². The summed E-state index contributed by atoms with van der Waals surface area (Å²) in [6, 6.07) is 13.0. The minimum atomic E-state index is -3.65. The van der Waals surface area contributed by atoms with Crippen molar-refractivity contribution in [2.24, 2.45) is 0 Å². The molecule has 1 aliphatic carbocycles. The van der Waals surface area contributed by atoms with Crippen LogP contribution in [0.15, 0.2) is 47.4 Å². The first-order valence-corrected chi connectivity index (χ1v) is 10.3. The molecule has 1 amide bonds. The van der Waals surface area contributed by atoms with E-state index in [1.54, 1.807) is 37.3 Å². The Hall–Kier alpha value is -2.69. The van der Waals surface area contributed by atoms with Gasteiger partial charge in [-0.05, 0) is 61.7 Å². The van der Waals surface area contributed by atoms with Crippen LogP contribution in [-0.4, -0.2) is 20.4 Å². The zero-order valence-electron chi connectivity index (χ0n) is 15.0. The van der Waals surface area contributed by atoms with Crippen molar-refractivity contribution in [3.05, 3.63) is 59.2 Å². The van der Waals surface area contributed by atoms with Gasteiger partial charge in [-0.15, -0.1) is 0 Å². The van der Waals surface area contributed by atoms with Gasteiger partial charge in [-0.1, -0.05) is 18.9 Å². The monoisotopic (exact) mass is 383 g/mol. The van der Waals surface area contributed by atoms with Gasteiger partial charge in [-0.3, -0.25) is 4.79 Å². The van der Waals surface area contributed by atoms with Gasteiger partial charge >= 0.3 is 0 Å². The second-order valence-corrected chi connectivity index (χ2v) is 8.44. The van der Waals surface area contributed by atoms with Gasteiger partial charge in [0.2, 0.25) is 10.0 Å². The first kappa shape index (κ1) is 19.1. The van der Waals surface area contributed by atoms with Crippen molar-refractivity contribution in [2.75, 3.05) is 5.32 Å². The molecule has 0 bridgehead atoms. The molecule has 0 radical (unpaired) electrons. The third kappa shape index (κ3) is 4.54. The maximum atomic E-state index is 12.6. The van der Waals surface area contributed by atoms with Gasteiger partial charge < -0.3 is 5.32 Å². The number of sulfonamides is 1. The molecule has 6 nitrogen and oxygen atoms in total. The predicted molar refractivity (Wildman–Crippen MR) is 103 cm³/mol. The van der Waals surface area contributed by atoms with E-state index in [4.69, 9.17) is 5.26 Å². The molecule has 2 aromatic rings. The lowest BCUT2D eigenvalue weighted by atomic mass is 10.1. The van der Waals surface area contributed by atoms with Crippen molar-refractivity contribution in [1.82, 2.24) is 4.72 Å². The fourth-order valence-electron chi connectivity index (χ4n) is 3.21. The van der Waals surface area contributed by atoms with Crippen LogP contribution in [0.2, 0.25) is 0 Å². The number of aryl methyl sites for hydroxylation is 1. The highest BCUT2D eigenvalue weighted by Crippen LogP contribution is 2.21. The SMILES string of the molecule is Cc1cc(NC(=O)c2cccc(S(=O)(=O)NC3CCCC3)c2)ccc1C#N.